The summed E-state index contributed by atoms with van der Waals surface area (Å²) in [6, 6.07) is 12.0. The second-order valence-corrected chi connectivity index (χ2v) is 5.72. The Bertz CT molecular complexity index is 735. The first-order chi connectivity index (χ1) is 10.6. The van der Waals surface area contributed by atoms with Crippen molar-refractivity contribution in [3.05, 3.63) is 58.5 Å². The minimum absolute atomic E-state index is 0.159. The molecule has 3 rings (SSSR count). The summed E-state index contributed by atoms with van der Waals surface area (Å²) in [5.41, 5.74) is 1.46. The molecule has 1 saturated carbocycles. The summed E-state index contributed by atoms with van der Waals surface area (Å²) in [5, 5.41) is 4.39. The van der Waals surface area contributed by atoms with E-state index in [0.717, 1.165) is 24.2 Å². The normalized spacial score (nSPS) is 15.4. The molecule has 114 valence electrons. The molecule has 0 radical (unpaired) electrons. The van der Waals surface area contributed by atoms with Crippen molar-refractivity contribution in [3.8, 4) is 0 Å². The number of likely N-dealkylation sites (N-methyl/N-ethyl adjacent to an activating group) is 1. The summed E-state index contributed by atoms with van der Waals surface area (Å²) < 4.78 is 1.30. The number of carbonyl (C=O) groups is 1. The Kier molecular flexibility index (Phi) is 3.79. The van der Waals surface area contributed by atoms with E-state index in [2.05, 4.69) is 5.10 Å². The Morgan fingerprint density at radius 2 is 1.91 bits per heavy atom. The van der Waals surface area contributed by atoms with Crippen LogP contribution >= 0.6 is 0 Å². The van der Waals surface area contributed by atoms with Crippen molar-refractivity contribution < 1.29 is 4.79 Å². The Hall–Kier alpha value is -2.43. The highest BCUT2D eigenvalue weighted by Crippen LogP contribution is 2.38. The molecule has 1 unspecified atom stereocenters. The molecule has 0 aliphatic heterocycles. The average molecular weight is 297 g/mol. The van der Waals surface area contributed by atoms with Gasteiger partial charge < -0.3 is 4.90 Å². The Morgan fingerprint density at radius 1 is 1.23 bits per heavy atom. The van der Waals surface area contributed by atoms with Gasteiger partial charge in [0.25, 0.3) is 11.5 Å². The monoisotopic (exact) mass is 297 g/mol. The summed E-state index contributed by atoms with van der Waals surface area (Å²) in [7, 11) is 1.71. The molecule has 2 aromatic rings. The van der Waals surface area contributed by atoms with Crippen LogP contribution in [0.2, 0.25) is 0 Å². The van der Waals surface area contributed by atoms with Crippen molar-refractivity contribution in [1.82, 2.24) is 9.78 Å². The number of rotatable bonds is 4. The largest absolute Gasteiger partial charge is 0.314 e. The van der Waals surface area contributed by atoms with Gasteiger partial charge in [-0.2, -0.15) is 5.10 Å². The lowest BCUT2D eigenvalue weighted by atomic mass is 10.2. The lowest BCUT2D eigenvalue weighted by molar-refractivity contribution is -0.121. The quantitative estimate of drug-likeness (QED) is 0.870. The average Bonchev–Trinajstić information content (AvgIpc) is 3.39. The standard InChI is InChI=1S/C17H19N3O2/c1-12(17(22)19(2)14-6-4-3-5-7-14)20-16(21)11-10-15(18-20)13-8-9-13/h3-7,10-13H,8-9H2,1-2H3. The number of hydrogen-bond donors (Lipinski definition) is 0. The third kappa shape index (κ3) is 2.79. The van der Waals surface area contributed by atoms with Gasteiger partial charge in [0.1, 0.15) is 6.04 Å². The van der Waals surface area contributed by atoms with Crippen LogP contribution in [0.25, 0.3) is 0 Å². The number of anilines is 1. The van der Waals surface area contributed by atoms with Crippen LogP contribution in [0.5, 0.6) is 0 Å². The van der Waals surface area contributed by atoms with Gasteiger partial charge >= 0.3 is 0 Å². The van der Waals surface area contributed by atoms with E-state index in [0.29, 0.717) is 5.92 Å². The van der Waals surface area contributed by atoms with Gasteiger partial charge in [-0.3, -0.25) is 9.59 Å². The van der Waals surface area contributed by atoms with Crippen molar-refractivity contribution in [2.45, 2.75) is 31.7 Å². The molecule has 1 atom stereocenters. The van der Waals surface area contributed by atoms with Crippen molar-refractivity contribution in [2.75, 3.05) is 11.9 Å². The lowest BCUT2D eigenvalue weighted by Crippen LogP contribution is -2.38. The first-order valence-corrected chi connectivity index (χ1v) is 7.50. The fourth-order valence-electron chi connectivity index (χ4n) is 2.48. The van der Waals surface area contributed by atoms with Crippen LogP contribution in [0, 0.1) is 0 Å². The molecule has 1 aromatic heterocycles. The molecule has 5 nitrogen and oxygen atoms in total. The fraction of sp³-hybridized carbons (Fsp3) is 0.353. The van der Waals surface area contributed by atoms with E-state index in [9.17, 15) is 9.59 Å². The summed E-state index contributed by atoms with van der Waals surface area (Å²) in [6.07, 6.45) is 2.22. The minimum atomic E-state index is -0.628. The molecule has 0 spiro atoms. The van der Waals surface area contributed by atoms with Crippen molar-refractivity contribution in [3.63, 3.8) is 0 Å². The number of amides is 1. The van der Waals surface area contributed by atoms with Gasteiger partial charge in [0.05, 0.1) is 5.69 Å². The Morgan fingerprint density at radius 3 is 2.55 bits per heavy atom. The first kappa shape index (κ1) is 14.5. The van der Waals surface area contributed by atoms with Crippen LogP contribution in [0.3, 0.4) is 0 Å². The molecular weight excluding hydrogens is 278 g/mol. The SMILES string of the molecule is CC(C(=O)N(C)c1ccccc1)n1nc(C2CC2)ccc1=O. The number of carbonyl (C=O) groups excluding carboxylic acids is 1. The molecule has 1 aliphatic rings. The summed E-state index contributed by atoms with van der Waals surface area (Å²) in [4.78, 5) is 26.2. The van der Waals surface area contributed by atoms with Crippen molar-refractivity contribution in [1.29, 1.82) is 0 Å². The third-order valence-electron chi connectivity index (χ3n) is 4.04. The molecule has 22 heavy (non-hydrogen) atoms. The molecule has 0 saturated heterocycles. The number of para-hydroxylation sites is 1. The zero-order valence-corrected chi connectivity index (χ0v) is 12.8. The van der Waals surface area contributed by atoms with Crippen molar-refractivity contribution >= 4 is 11.6 Å². The van der Waals surface area contributed by atoms with Crippen LogP contribution < -0.4 is 10.5 Å². The summed E-state index contributed by atoms with van der Waals surface area (Å²) in [6.45, 7) is 1.72. The van der Waals surface area contributed by atoms with Gasteiger partial charge in [0.2, 0.25) is 0 Å². The van der Waals surface area contributed by atoms with Gasteiger partial charge in [-0.25, -0.2) is 4.68 Å². The zero-order valence-electron chi connectivity index (χ0n) is 12.8. The second-order valence-electron chi connectivity index (χ2n) is 5.72. The molecule has 1 heterocycles. The molecule has 1 amide bonds. The minimum Gasteiger partial charge on any atom is -0.314 e. The van der Waals surface area contributed by atoms with Crippen molar-refractivity contribution in [2.24, 2.45) is 0 Å². The van der Waals surface area contributed by atoms with E-state index >= 15 is 0 Å². The van der Waals surface area contributed by atoms with E-state index in [4.69, 9.17) is 0 Å². The highest BCUT2D eigenvalue weighted by molar-refractivity contribution is 5.95. The maximum Gasteiger partial charge on any atom is 0.267 e. The smallest absolute Gasteiger partial charge is 0.267 e. The number of nitrogens with zero attached hydrogens (tertiary/aromatic N) is 3. The van der Waals surface area contributed by atoms with E-state index < -0.39 is 6.04 Å². The van der Waals surface area contributed by atoms with Crippen LogP contribution in [-0.2, 0) is 4.79 Å². The van der Waals surface area contributed by atoms with Crippen LogP contribution in [0.1, 0.15) is 37.4 Å². The highest BCUT2D eigenvalue weighted by Gasteiger charge is 2.27. The number of hydrogen-bond acceptors (Lipinski definition) is 3. The summed E-state index contributed by atoms with van der Waals surface area (Å²) in [5.74, 6) is 0.287. The maximum atomic E-state index is 12.6. The fourth-order valence-corrected chi connectivity index (χ4v) is 2.48. The zero-order chi connectivity index (χ0) is 15.7. The molecular formula is C17H19N3O2. The Balaban J connectivity index is 1.87. The molecule has 1 aromatic carbocycles. The summed E-state index contributed by atoms with van der Waals surface area (Å²) >= 11 is 0. The van der Waals surface area contributed by atoms with Crippen LogP contribution in [0.4, 0.5) is 5.69 Å². The molecule has 1 fully saturated rings. The lowest BCUT2D eigenvalue weighted by Gasteiger charge is -2.22. The topological polar surface area (TPSA) is 55.2 Å². The van der Waals surface area contributed by atoms with Crippen LogP contribution in [0.15, 0.2) is 47.3 Å². The molecule has 0 N–H and O–H groups in total. The Labute approximate surface area is 129 Å². The predicted octanol–water partition coefficient (Wildman–Crippen LogP) is 2.34. The van der Waals surface area contributed by atoms with Gasteiger partial charge in [0.15, 0.2) is 0 Å². The third-order valence-corrected chi connectivity index (χ3v) is 4.04. The second kappa shape index (κ2) is 5.75. The number of aromatic nitrogens is 2. The highest BCUT2D eigenvalue weighted by atomic mass is 16.2. The van der Waals surface area contributed by atoms with E-state index in [-0.39, 0.29) is 11.5 Å². The van der Waals surface area contributed by atoms with Gasteiger partial charge in [0, 0.05) is 24.7 Å². The molecule has 5 heteroatoms. The first-order valence-electron chi connectivity index (χ1n) is 7.50. The van der Waals surface area contributed by atoms with E-state index in [1.165, 1.54) is 10.7 Å². The van der Waals surface area contributed by atoms with Crippen LogP contribution in [-0.4, -0.2) is 22.7 Å². The van der Waals surface area contributed by atoms with E-state index in [1.54, 1.807) is 24.9 Å². The van der Waals surface area contributed by atoms with Gasteiger partial charge in [-0.05, 0) is 38.0 Å². The number of benzene rings is 1. The van der Waals surface area contributed by atoms with Gasteiger partial charge in [-0.1, -0.05) is 18.2 Å². The maximum absolute atomic E-state index is 12.6. The predicted molar refractivity (Wildman–Crippen MR) is 85.0 cm³/mol. The van der Waals surface area contributed by atoms with E-state index in [1.807, 2.05) is 30.3 Å². The molecule has 1 aliphatic carbocycles. The van der Waals surface area contributed by atoms with Gasteiger partial charge in [-0.15, -0.1) is 0 Å². The molecule has 0 bridgehead atoms.